The molecule has 1 aromatic rings. The van der Waals surface area contributed by atoms with Crippen molar-refractivity contribution in [1.82, 2.24) is 0 Å². The predicted octanol–water partition coefficient (Wildman–Crippen LogP) is 4.35. The van der Waals surface area contributed by atoms with Crippen molar-refractivity contribution in [3.8, 4) is 0 Å². The van der Waals surface area contributed by atoms with Gasteiger partial charge in [-0.1, -0.05) is 18.6 Å². The first kappa shape index (κ1) is 19.3. The molecule has 3 heterocycles. The van der Waals surface area contributed by atoms with Gasteiger partial charge in [0.05, 0.1) is 6.61 Å². The minimum Gasteiger partial charge on any atom is -0.377 e. The molecule has 2 bridgehead atoms. The Morgan fingerprint density at radius 2 is 1.96 bits per heavy atom. The topological polar surface area (TPSA) is 46.2 Å². The second kappa shape index (κ2) is 7.76. The van der Waals surface area contributed by atoms with Crippen molar-refractivity contribution in [3.05, 3.63) is 35.6 Å². The van der Waals surface area contributed by atoms with E-state index in [0.29, 0.717) is 19.1 Å². The number of methoxy groups -OCH3 is 1. The largest absolute Gasteiger partial charge is 0.377 e. The van der Waals surface area contributed by atoms with Crippen molar-refractivity contribution in [3.63, 3.8) is 0 Å². The molecule has 1 spiro atoms. The average Bonchev–Trinajstić information content (AvgIpc) is 2.91. The van der Waals surface area contributed by atoms with Crippen molar-refractivity contribution in [2.24, 2.45) is 11.8 Å². The van der Waals surface area contributed by atoms with Gasteiger partial charge in [0.1, 0.15) is 5.82 Å². The summed E-state index contributed by atoms with van der Waals surface area (Å²) in [6.45, 7) is 3.00. The van der Waals surface area contributed by atoms with E-state index in [4.69, 9.17) is 24.0 Å². The predicted molar refractivity (Wildman–Crippen MR) is 95.9 cm³/mol. The second-order valence-corrected chi connectivity index (χ2v) is 8.17. The van der Waals surface area contributed by atoms with Gasteiger partial charge in [0, 0.05) is 20.1 Å². The van der Waals surface area contributed by atoms with E-state index in [1.54, 1.807) is 19.2 Å². The Kier molecular flexibility index (Phi) is 5.54. The molecule has 4 fully saturated rings. The highest BCUT2D eigenvalue weighted by atomic mass is 19.1. The maximum atomic E-state index is 13.0. The summed E-state index contributed by atoms with van der Waals surface area (Å²) in [5.74, 6) is -0.349. The first-order valence-electron chi connectivity index (χ1n) is 9.95. The van der Waals surface area contributed by atoms with Crippen molar-refractivity contribution in [2.45, 2.75) is 69.7 Å². The quantitative estimate of drug-likeness (QED) is 0.542. The molecule has 0 aromatic heterocycles. The summed E-state index contributed by atoms with van der Waals surface area (Å²) < 4.78 is 30.8. The van der Waals surface area contributed by atoms with Gasteiger partial charge >= 0.3 is 0 Å². The molecule has 0 unspecified atom stereocenters. The molecule has 0 amide bonds. The van der Waals surface area contributed by atoms with Crippen molar-refractivity contribution in [1.29, 1.82) is 0 Å². The van der Waals surface area contributed by atoms with E-state index >= 15 is 0 Å². The van der Waals surface area contributed by atoms with Gasteiger partial charge in [-0.15, -0.1) is 0 Å². The highest BCUT2D eigenvalue weighted by Gasteiger charge is 2.63. The lowest BCUT2D eigenvalue weighted by Crippen LogP contribution is -2.63. The van der Waals surface area contributed by atoms with Crippen LogP contribution in [0.1, 0.15) is 51.0 Å². The van der Waals surface area contributed by atoms with Gasteiger partial charge in [0.25, 0.3) is 0 Å². The lowest BCUT2D eigenvalue weighted by Gasteiger charge is -2.53. The lowest BCUT2D eigenvalue weighted by atomic mass is 9.65. The molecule has 6 heteroatoms. The molecule has 0 N–H and O–H groups in total. The molecule has 4 aliphatic rings. The summed E-state index contributed by atoms with van der Waals surface area (Å²) in [5.41, 5.74) is 0.402. The number of benzene rings is 1. The zero-order valence-electron chi connectivity index (χ0n) is 16.1. The Balaban J connectivity index is 1.41. The number of fused-ring (bicyclic) bond motifs is 3. The molecule has 3 saturated heterocycles. The Labute approximate surface area is 160 Å². The Hall–Kier alpha value is -1.05. The summed E-state index contributed by atoms with van der Waals surface area (Å²) in [7, 11) is 1.68. The van der Waals surface area contributed by atoms with Crippen molar-refractivity contribution >= 4 is 0 Å². The minimum absolute atomic E-state index is 0.230. The van der Waals surface area contributed by atoms with E-state index in [1.165, 1.54) is 18.6 Å². The van der Waals surface area contributed by atoms with Crippen LogP contribution in [0.15, 0.2) is 24.3 Å². The van der Waals surface area contributed by atoms with E-state index in [9.17, 15) is 4.39 Å². The van der Waals surface area contributed by atoms with Gasteiger partial charge in [-0.2, -0.15) is 0 Å². The van der Waals surface area contributed by atoms with E-state index in [-0.39, 0.29) is 11.7 Å². The minimum atomic E-state index is -0.729. The normalized spacial score (nSPS) is 38.4. The monoisotopic (exact) mass is 380 g/mol. The molecule has 0 radical (unpaired) electrons. The number of hydrogen-bond donors (Lipinski definition) is 0. The van der Waals surface area contributed by atoms with Crippen LogP contribution >= 0.6 is 0 Å². The molecule has 27 heavy (non-hydrogen) atoms. The Morgan fingerprint density at radius 1 is 1.15 bits per heavy atom. The molecule has 1 aliphatic carbocycles. The molecular formula is C21H29FO5. The van der Waals surface area contributed by atoms with Gasteiger partial charge < -0.3 is 14.2 Å². The first-order chi connectivity index (χ1) is 13.1. The molecule has 5 nitrogen and oxygen atoms in total. The third-order valence-corrected chi connectivity index (χ3v) is 6.42. The fourth-order valence-corrected chi connectivity index (χ4v) is 4.96. The van der Waals surface area contributed by atoms with Crippen LogP contribution in [0.25, 0.3) is 0 Å². The van der Waals surface area contributed by atoms with Crippen LogP contribution in [0.4, 0.5) is 4.39 Å². The third-order valence-electron chi connectivity index (χ3n) is 6.42. The smallest absolute Gasteiger partial charge is 0.201 e. The number of hydrogen-bond acceptors (Lipinski definition) is 5. The van der Waals surface area contributed by atoms with Gasteiger partial charge in [0.2, 0.25) is 5.79 Å². The van der Waals surface area contributed by atoms with Crippen LogP contribution in [-0.4, -0.2) is 31.4 Å². The lowest BCUT2D eigenvalue weighted by molar-refractivity contribution is -0.554. The van der Waals surface area contributed by atoms with E-state index in [2.05, 4.69) is 0 Å². The molecule has 150 valence electrons. The summed E-state index contributed by atoms with van der Waals surface area (Å²) in [4.78, 5) is 11.8. The number of ether oxygens (including phenoxy) is 3. The van der Waals surface area contributed by atoms with E-state index in [1.807, 2.05) is 6.92 Å². The fraction of sp³-hybridized carbons (Fsp3) is 0.714. The summed E-state index contributed by atoms with van der Waals surface area (Å²) in [6, 6.07) is 6.42. The van der Waals surface area contributed by atoms with E-state index < -0.39 is 17.7 Å². The molecule has 5 atom stereocenters. The SMILES string of the molecule is CO[C@H]1O[C@@]2(C)CC[C@H]3CCC[C@@H](CCOCc4ccc(F)cc4)[C@]31OO2. The molecule has 3 aliphatic heterocycles. The zero-order valence-corrected chi connectivity index (χ0v) is 16.1. The van der Waals surface area contributed by atoms with Gasteiger partial charge in [0.15, 0.2) is 11.9 Å². The van der Waals surface area contributed by atoms with Crippen LogP contribution in [0.5, 0.6) is 0 Å². The maximum absolute atomic E-state index is 13.0. The van der Waals surface area contributed by atoms with Crippen LogP contribution in [0, 0.1) is 17.7 Å². The highest BCUT2D eigenvalue weighted by Crippen LogP contribution is 2.55. The molecule has 1 saturated carbocycles. The Morgan fingerprint density at radius 3 is 2.74 bits per heavy atom. The second-order valence-electron chi connectivity index (χ2n) is 8.17. The average molecular weight is 380 g/mol. The first-order valence-corrected chi connectivity index (χ1v) is 9.95. The molecular weight excluding hydrogens is 351 g/mol. The van der Waals surface area contributed by atoms with Crippen LogP contribution in [0.2, 0.25) is 0 Å². The summed E-state index contributed by atoms with van der Waals surface area (Å²) in [6.07, 6.45) is 5.57. The molecule has 1 aromatic carbocycles. The summed E-state index contributed by atoms with van der Waals surface area (Å²) >= 11 is 0. The van der Waals surface area contributed by atoms with E-state index in [0.717, 1.165) is 37.7 Å². The van der Waals surface area contributed by atoms with Crippen molar-refractivity contribution in [2.75, 3.05) is 13.7 Å². The van der Waals surface area contributed by atoms with Gasteiger partial charge in [-0.3, -0.25) is 0 Å². The zero-order chi connectivity index (χ0) is 18.9. The number of rotatable bonds is 6. The Bertz CT molecular complexity index is 638. The highest BCUT2D eigenvalue weighted by molar-refractivity contribution is 5.15. The summed E-state index contributed by atoms with van der Waals surface area (Å²) in [5, 5.41) is 0. The maximum Gasteiger partial charge on any atom is 0.201 e. The van der Waals surface area contributed by atoms with Crippen LogP contribution < -0.4 is 0 Å². The fourth-order valence-electron chi connectivity index (χ4n) is 4.96. The van der Waals surface area contributed by atoms with Gasteiger partial charge in [-0.25, -0.2) is 14.2 Å². The molecule has 5 rings (SSSR count). The number of halogens is 1. The van der Waals surface area contributed by atoms with Crippen LogP contribution in [0.3, 0.4) is 0 Å². The van der Waals surface area contributed by atoms with Crippen LogP contribution in [-0.2, 0) is 30.6 Å². The van der Waals surface area contributed by atoms with Gasteiger partial charge in [-0.05, 0) is 62.1 Å². The van der Waals surface area contributed by atoms with Crippen molar-refractivity contribution < 1.29 is 28.4 Å². The third kappa shape index (κ3) is 3.66. The standard InChI is InChI=1S/C21H29FO5/c1-20-12-10-16-4-3-5-17(21(16,27-26-20)19(23-2)25-20)11-13-24-14-15-6-8-18(22)9-7-15/h6-9,16-17,19H,3-5,10-14H2,1-2H3/t16-,17+,19+,20-,21-/m1/s1.